The van der Waals surface area contributed by atoms with E-state index in [1.807, 2.05) is 38.1 Å². The minimum absolute atomic E-state index is 0.0435. The maximum absolute atomic E-state index is 12.1. The zero-order valence-electron chi connectivity index (χ0n) is 9.53. The summed E-state index contributed by atoms with van der Waals surface area (Å²) in [5, 5.41) is 0. The van der Waals surface area contributed by atoms with E-state index in [1.165, 1.54) is 0 Å². The summed E-state index contributed by atoms with van der Waals surface area (Å²) in [6.07, 6.45) is 5.34. The molecule has 1 aromatic rings. The Morgan fingerprint density at radius 1 is 1.38 bits per heavy atom. The quantitative estimate of drug-likeness (QED) is 0.334. The maximum Gasteiger partial charge on any atom is 0.192 e. The highest BCUT2D eigenvalue weighted by Crippen LogP contribution is 2.14. The Labute approximate surface area is 101 Å². The van der Waals surface area contributed by atoms with Crippen LogP contribution >= 0.6 is 11.6 Å². The molecule has 0 fully saturated rings. The van der Waals surface area contributed by atoms with Crippen molar-refractivity contribution in [1.29, 1.82) is 0 Å². The number of carbonyl (C=O) groups excluding carboxylic acids is 1. The first-order valence-electron chi connectivity index (χ1n) is 5.20. The lowest BCUT2D eigenvalue weighted by Crippen LogP contribution is -2.03. The molecule has 0 amide bonds. The average Bonchev–Trinajstić information content (AvgIpc) is 2.30. The maximum atomic E-state index is 12.1. The highest BCUT2D eigenvalue weighted by atomic mass is 35.5. The van der Waals surface area contributed by atoms with Crippen LogP contribution in [-0.4, -0.2) is 11.7 Å². The van der Waals surface area contributed by atoms with Gasteiger partial charge < -0.3 is 0 Å². The van der Waals surface area contributed by atoms with Gasteiger partial charge in [0.25, 0.3) is 0 Å². The lowest BCUT2D eigenvalue weighted by atomic mass is 9.99. The predicted molar refractivity (Wildman–Crippen MR) is 69.1 cm³/mol. The number of hydrogen-bond donors (Lipinski definition) is 0. The van der Waals surface area contributed by atoms with E-state index in [-0.39, 0.29) is 5.78 Å². The molecule has 0 aliphatic rings. The summed E-state index contributed by atoms with van der Waals surface area (Å²) in [6.45, 7) is 3.79. The zero-order valence-corrected chi connectivity index (χ0v) is 10.3. The number of Topliss-reactive ketones (excluding diaryl/α,β-unsaturated/α-hetero) is 1. The average molecular weight is 235 g/mol. The van der Waals surface area contributed by atoms with Crippen LogP contribution in [0.1, 0.15) is 22.8 Å². The number of aryl methyl sites for hydroxylation is 1. The number of hydrogen-bond acceptors (Lipinski definition) is 1. The van der Waals surface area contributed by atoms with Gasteiger partial charge in [-0.15, -0.1) is 11.6 Å². The number of carbonyl (C=O) groups is 1. The second kappa shape index (κ2) is 6.29. The van der Waals surface area contributed by atoms with Crippen LogP contribution in [0, 0.1) is 6.92 Å². The highest BCUT2D eigenvalue weighted by molar-refractivity contribution is 6.19. The van der Waals surface area contributed by atoms with Gasteiger partial charge in [0.1, 0.15) is 0 Å². The lowest BCUT2D eigenvalue weighted by Gasteiger charge is -2.04. The first-order valence-corrected chi connectivity index (χ1v) is 5.73. The van der Waals surface area contributed by atoms with Gasteiger partial charge in [-0.3, -0.25) is 4.79 Å². The van der Waals surface area contributed by atoms with Crippen LogP contribution in [0.5, 0.6) is 0 Å². The summed E-state index contributed by atoms with van der Waals surface area (Å²) in [6, 6.07) is 7.58. The van der Waals surface area contributed by atoms with E-state index >= 15 is 0 Å². The Kier molecular flexibility index (Phi) is 5.00. The number of ketones is 1. The smallest absolute Gasteiger partial charge is 0.192 e. The van der Waals surface area contributed by atoms with E-state index < -0.39 is 0 Å². The van der Waals surface area contributed by atoms with Crippen LogP contribution in [-0.2, 0) is 0 Å². The minimum atomic E-state index is 0.0435. The molecule has 0 radical (unpaired) electrons. The molecule has 0 N–H and O–H groups in total. The van der Waals surface area contributed by atoms with Gasteiger partial charge in [-0.1, -0.05) is 42.5 Å². The third kappa shape index (κ3) is 3.07. The summed E-state index contributed by atoms with van der Waals surface area (Å²) in [5.41, 5.74) is 2.41. The van der Waals surface area contributed by atoms with E-state index in [9.17, 15) is 4.79 Å². The van der Waals surface area contributed by atoms with Crippen molar-refractivity contribution in [2.45, 2.75) is 13.8 Å². The summed E-state index contributed by atoms with van der Waals surface area (Å²) >= 11 is 5.56. The molecule has 0 bridgehead atoms. The van der Waals surface area contributed by atoms with Crippen molar-refractivity contribution in [2.24, 2.45) is 0 Å². The summed E-state index contributed by atoms with van der Waals surface area (Å²) < 4.78 is 0. The van der Waals surface area contributed by atoms with E-state index in [2.05, 4.69) is 0 Å². The summed E-state index contributed by atoms with van der Waals surface area (Å²) in [7, 11) is 0. The standard InChI is InChI=1S/C14H15ClO/c1-3-12(8-6-10-15)14(16)13-9-5-4-7-11(13)2/h3-9H,10H2,1-2H3/b8-6-,12-3+. The molecule has 0 atom stereocenters. The van der Waals surface area contributed by atoms with Gasteiger partial charge >= 0.3 is 0 Å². The molecule has 0 unspecified atom stereocenters. The van der Waals surface area contributed by atoms with Crippen LogP contribution in [0.4, 0.5) is 0 Å². The molecule has 0 aliphatic heterocycles. The molecule has 1 rings (SSSR count). The van der Waals surface area contributed by atoms with Gasteiger partial charge in [-0.05, 0) is 19.4 Å². The molecule has 0 heterocycles. The van der Waals surface area contributed by atoms with Crippen LogP contribution in [0.25, 0.3) is 0 Å². The van der Waals surface area contributed by atoms with Gasteiger partial charge in [0.05, 0.1) is 0 Å². The van der Waals surface area contributed by atoms with Gasteiger partial charge in [-0.25, -0.2) is 0 Å². The number of benzene rings is 1. The van der Waals surface area contributed by atoms with Crippen molar-refractivity contribution >= 4 is 17.4 Å². The summed E-state index contributed by atoms with van der Waals surface area (Å²) in [4.78, 5) is 12.1. The monoisotopic (exact) mass is 234 g/mol. The predicted octanol–water partition coefficient (Wildman–Crippen LogP) is 3.92. The minimum Gasteiger partial charge on any atom is -0.289 e. The molecule has 0 aliphatic carbocycles. The second-order valence-corrected chi connectivity index (χ2v) is 3.75. The molecule has 0 spiro atoms. The Hall–Kier alpha value is -1.34. The van der Waals surface area contributed by atoms with Gasteiger partial charge in [0.15, 0.2) is 5.78 Å². The number of halogens is 1. The molecule has 1 aromatic carbocycles. The first kappa shape index (κ1) is 12.7. The topological polar surface area (TPSA) is 17.1 Å². The molecule has 2 heteroatoms. The highest BCUT2D eigenvalue weighted by Gasteiger charge is 2.10. The fourth-order valence-electron chi connectivity index (χ4n) is 1.46. The lowest BCUT2D eigenvalue weighted by molar-refractivity contribution is 0.103. The normalized spacial score (nSPS) is 12.1. The fraction of sp³-hybridized carbons (Fsp3) is 0.214. The zero-order chi connectivity index (χ0) is 12.0. The molecular weight excluding hydrogens is 220 g/mol. The Morgan fingerprint density at radius 3 is 2.62 bits per heavy atom. The van der Waals surface area contributed by atoms with Crippen LogP contribution in [0.2, 0.25) is 0 Å². The van der Waals surface area contributed by atoms with Gasteiger partial charge in [0.2, 0.25) is 0 Å². The van der Waals surface area contributed by atoms with Crippen LogP contribution in [0.15, 0.2) is 48.1 Å². The van der Waals surface area contributed by atoms with Crippen LogP contribution in [0.3, 0.4) is 0 Å². The van der Waals surface area contributed by atoms with E-state index in [1.54, 1.807) is 18.2 Å². The molecule has 0 saturated carbocycles. The van der Waals surface area contributed by atoms with Crippen molar-refractivity contribution in [2.75, 3.05) is 5.88 Å². The second-order valence-electron chi connectivity index (χ2n) is 3.44. The first-order chi connectivity index (χ1) is 7.70. The van der Waals surface area contributed by atoms with Gasteiger partial charge in [0, 0.05) is 17.0 Å². The van der Waals surface area contributed by atoms with E-state index in [4.69, 9.17) is 11.6 Å². The van der Waals surface area contributed by atoms with Crippen molar-refractivity contribution < 1.29 is 4.79 Å². The summed E-state index contributed by atoms with van der Waals surface area (Å²) in [5.74, 6) is 0.459. The van der Waals surface area contributed by atoms with Crippen molar-refractivity contribution in [3.05, 3.63) is 59.2 Å². The third-order valence-corrected chi connectivity index (χ3v) is 2.53. The molecule has 0 aromatic heterocycles. The Morgan fingerprint density at radius 2 is 2.06 bits per heavy atom. The van der Waals surface area contributed by atoms with Crippen LogP contribution < -0.4 is 0 Å². The number of allylic oxidation sites excluding steroid dienone is 4. The molecule has 16 heavy (non-hydrogen) atoms. The van der Waals surface area contributed by atoms with Crippen molar-refractivity contribution in [3.8, 4) is 0 Å². The third-order valence-electron chi connectivity index (χ3n) is 2.35. The largest absolute Gasteiger partial charge is 0.289 e. The van der Waals surface area contributed by atoms with Crippen molar-refractivity contribution in [1.82, 2.24) is 0 Å². The Bertz CT molecular complexity index is 430. The fourth-order valence-corrected chi connectivity index (χ4v) is 1.55. The number of rotatable bonds is 4. The van der Waals surface area contributed by atoms with E-state index in [0.29, 0.717) is 11.5 Å². The SMILES string of the molecule is C/C=C(\C=C/CCl)C(=O)c1ccccc1C. The molecule has 0 saturated heterocycles. The Balaban J connectivity index is 3.02. The molecule has 1 nitrogen and oxygen atoms in total. The molecule has 84 valence electrons. The number of alkyl halides is 1. The van der Waals surface area contributed by atoms with E-state index in [0.717, 1.165) is 11.1 Å². The van der Waals surface area contributed by atoms with Crippen molar-refractivity contribution in [3.63, 3.8) is 0 Å². The van der Waals surface area contributed by atoms with Gasteiger partial charge in [-0.2, -0.15) is 0 Å². The molecular formula is C14H15ClO.